The first-order valence-corrected chi connectivity index (χ1v) is 20.1. The van der Waals surface area contributed by atoms with Gasteiger partial charge in [0, 0.05) is 18.7 Å². The first-order valence-electron chi connectivity index (χ1n) is 20.1. The molecule has 0 amide bonds. The minimum atomic E-state index is -0.325. The molecule has 2 aromatic rings. The normalized spacial score (nSPS) is 15.0. The number of hydrogen-bond acceptors (Lipinski definition) is 6. The second-order valence-electron chi connectivity index (χ2n) is 14.7. The molecule has 1 fully saturated rings. The van der Waals surface area contributed by atoms with Crippen molar-refractivity contribution in [2.24, 2.45) is 5.92 Å². The lowest BCUT2D eigenvalue weighted by atomic mass is 9.89. The maximum absolute atomic E-state index is 13.1. The molecule has 2 aromatic carbocycles. The minimum Gasteiger partial charge on any atom is -0.493 e. The predicted molar refractivity (Wildman–Crippen MR) is 206 cm³/mol. The van der Waals surface area contributed by atoms with Crippen molar-refractivity contribution in [2.45, 2.75) is 142 Å². The standard InChI is InChI=1S/C44H67NO5/c1-4-5-6-7-8-9-10-11-12-13-14-15-16-17-18-22-29-49-35-43(46)50-44-39(31-38-32-41(47-2)42(48-3)33-40(38)44)30-36-25-27-45(28-26-36)34-37-23-20-19-21-24-37/h19-21,23-24,32-33,36H,4-18,22,25-31,34-35H2,1-3H3. The molecule has 1 saturated heterocycles. The molecule has 1 aliphatic carbocycles. The Morgan fingerprint density at radius 1 is 0.740 bits per heavy atom. The summed E-state index contributed by atoms with van der Waals surface area (Å²) in [4.78, 5) is 15.6. The van der Waals surface area contributed by atoms with Crippen LogP contribution in [0.3, 0.4) is 0 Å². The van der Waals surface area contributed by atoms with Gasteiger partial charge in [0.2, 0.25) is 0 Å². The molecule has 278 valence electrons. The van der Waals surface area contributed by atoms with Crippen LogP contribution in [0.5, 0.6) is 11.5 Å². The van der Waals surface area contributed by atoms with Crippen LogP contribution in [0.2, 0.25) is 0 Å². The Morgan fingerprint density at radius 3 is 1.88 bits per heavy atom. The highest BCUT2D eigenvalue weighted by molar-refractivity contribution is 5.84. The summed E-state index contributed by atoms with van der Waals surface area (Å²) in [6, 6.07) is 14.7. The van der Waals surface area contributed by atoms with E-state index in [0.29, 0.717) is 29.8 Å². The molecular formula is C44H67NO5. The lowest BCUT2D eigenvalue weighted by molar-refractivity contribution is -0.141. The number of likely N-dealkylation sites (tertiary alicyclic amines) is 1. The summed E-state index contributed by atoms with van der Waals surface area (Å²) in [6.45, 7) is 6.04. The zero-order valence-electron chi connectivity index (χ0n) is 31.8. The van der Waals surface area contributed by atoms with Gasteiger partial charge in [-0.3, -0.25) is 4.90 Å². The van der Waals surface area contributed by atoms with Crippen LogP contribution in [0, 0.1) is 5.92 Å². The Morgan fingerprint density at radius 2 is 1.30 bits per heavy atom. The first-order chi connectivity index (χ1) is 24.6. The zero-order chi connectivity index (χ0) is 35.2. The Hall–Kier alpha value is -2.83. The van der Waals surface area contributed by atoms with Gasteiger partial charge in [-0.2, -0.15) is 0 Å². The third kappa shape index (κ3) is 14.1. The number of ether oxygens (including phenoxy) is 4. The number of hydrogen-bond donors (Lipinski definition) is 0. The average Bonchev–Trinajstić information content (AvgIpc) is 3.46. The number of methoxy groups -OCH3 is 2. The SMILES string of the molecule is CCCCCCCCCCCCCCCCCCOCC(=O)OC1=C(CC2CCN(Cc3ccccc3)CC2)Cc2cc(OC)c(OC)cc21. The van der Waals surface area contributed by atoms with Crippen molar-refractivity contribution < 1.29 is 23.7 Å². The van der Waals surface area contributed by atoms with Gasteiger partial charge in [0.15, 0.2) is 11.5 Å². The van der Waals surface area contributed by atoms with Gasteiger partial charge in [-0.1, -0.05) is 134 Å². The van der Waals surface area contributed by atoms with E-state index in [1.807, 2.05) is 12.1 Å². The molecule has 0 N–H and O–H groups in total. The average molecular weight is 690 g/mol. The van der Waals surface area contributed by atoms with E-state index in [4.69, 9.17) is 18.9 Å². The Kier molecular flexibility index (Phi) is 18.9. The number of benzene rings is 2. The lowest BCUT2D eigenvalue weighted by Gasteiger charge is -2.32. The van der Waals surface area contributed by atoms with Gasteiger partial charge in [0.1, 0.15) is 12.4 Å². The molecule has 1 aliphatic heterocycles. The van der Waals surface area contributed by atoms with Gasteiger partial charge < -0.3 is 18.9 Å². The van der Waals surface area contributed by atoms with E-state index in [-0.39, 0.29) is 12.6 Å². The number of allylic oxidation sites excluding steroid dienone is 1. The molecule has 2 aliphatic rings. The lowest BCUT2D eigenvalue weighted by Crippen LogP contribution is -2.33. The van der Waals surface area contributed by atoms with Crippen LogP contribution in [0.1, 0.15) is 146 Å². The maximum Gasteiger partial charge on any atom is 0.337 e. The number of esters is 1. The fourth-order valence-electron chi connectivity index (χ4n) is 7.66. The van der Waals surface area contributed by atoms with Crippen molar-refractivity contribution >= 4 is 11.7 Å². The summed E-state index contributed by atoms with van der Waals surface area (Å²) in [5.74, 6) is 2.29. The van der Waals surface area contributed by atoms with E-state index < -0.39 is 0 Å². The van der Waals surface area contributed by atoms with E-state index in [1.54, 1.807) is 14.2 Å². The first kappa shape index (κ1) is 39.9. The van der Waals surface area contributed by atoms with Crippen LogP contribution in [0.25, 0.3) is 5.76 Å². The van der Waals surface area contributed by atoms with Crippen molar-refractivity contribution in [1.29, 1.82) is 0 Å². The van der Waals surface area contributed by atoms with Gasteiger partial charge in [-0.05, 0) is 79.9 Å². The number of piperidine rings is 1. The van der Waals surface area contributed by atoms with E-state index in [0.717, 1.165) is 69.3 Å². The quantitative estimate of drug-likeness (QED) is 0.0724. The highest BCUT2D eigenvalue weighted by Gasteiger charge is 2.30. The summed E-state index contributed by atoms with van der Waals surface area (Å²) in [5.41, 5.74) is 4.62. The summed E-state index contributed by atoms with van der Waals surface area (Å²) >= 11 is 0. The summed E-state index contributed by atoms with van der Waals surface area (Å²) in [7, 11) is 3.31. The maximum atomic E-state index is 13.1. The molecule has 50 heavy (non-hydrogen) atoms. The van der Waals surface area contributed by atoms with E-state index >= 15 is 0 Å². The molecule has 0 atom stereocenters. The van der Waals surface area contributed by atoms with Crippen molar-refractivity contribution in [2.75, 3.05) is 40.5 Å². The molecule has 0 aromatic heterocycles. The van der Waals surface area contributed by atoms with E-state index in [1.165, 1.54) is 101 Å². The Bertz CT molecular complexity index is 1270. The second-order valence-corrected chi connectivity index (χ2v) is 14.7. The molecule has 0 saturated carbocycles. The number of rotatable bonds is 26. The molecule has 4 rings (SSSR count). The predicted octanol–water partition coefficient (Wildman–Crippen LogP) is 11.1. The van der Waals surface area contributed by atoms with Crippen LogP contribution in [0.15, 0.2) is 48.0 Å². The number of unbranched alkanes of at least 4 members (excludes halogenated alkanes) is 15. The van der Waals surface area contributed by atoms with Crippen LogP contribution in [0.4, 0.5) is 0 Å². The van der Waals surface area contributed by atoms with Gasteiger partial charge in [-0.25, -0.2) is 4.79 Å². The monoisotopic (exact) mass is 690 g/mol. The molecule has 1 heterocycles. The third-order valence-electron chi connectivity index (χ3n) is 10.6. The molecule has 0 bridgehead atoms. The van der Waals surface area contributed by atoms with Crippen LogP contribution in [-0.2, 0) is 27.2 Å². The molecule has 0 unspecified atom stereocenters. The van der Waals surface area contributed by atoms with Crippen LogP contribution in [-0.4, -0.2) is 51.4 Å². The fraction of sp³-hybridized carbons (Fsp3) is 0.659. The Balaban J connectivity index is 1.13. The van der Waals surface area contributed by atoms with E-state index in [9.17, 15) is 4.79 Å². The summed E-state index contributed by atoms with van der Waals surface area (Å²) in [5, 5.41) is 0. The van der Waals surface area contributed by atoms with Crippen LogP contribution < -0.4 is 9.47 Å². The van der Waals surface area contributed by atoms with Crippen molar-refractivity contribution in [3.8, 4) is 11.5 Å². The fourth-order valence-corrected chi connectivity index (χ4v) is 7.66. The zero-order valence-corrected chi connectivity index (χ0v) is 31.8. The smallest absolute Gasteiger partial charge is 0.337 e. The highest BCUT2D eigenvalue weighted by Crippen LogP contribution is 2.43. The van der Waals surface area contributed by atoms with Crippen LogP contribution >= 0.6 is 0 Å². The topological polar surface area (TPSA) is 57.2 Å². The second kappa shape index (κ2) is 23.6. The van der Waals surface area contributed by atoms with Gasteiger partial charge in [0.05, 0.1) is 14.2 Å². The van der Waals surface area contributed by atoms with Crippen molar-refractivity contribution in [3.05, 3.63) is 64.7 Å². The van der Waals surface area contributed by atoms with E-state index in [2.05, 4.69) is 42.2 Å². The molecule has 0 radical (unpaired) electrons. The van der Waals surface area contributed by atoms with Gasteiger partial charge >= 0.3 is 5.97 Å². The third-order valence-corrected chi connectivity index (χ3v) is 10.6. The molecule has 6 heteroatoms. The molecule has 0 spiro atoms. The Labute approximate surface area is 304 Å². The largest absolute Gasteiger partial charge is 0.493 e. The number of carbonyl (C=O) groups excluding carboxylic acids is 1. The van der Waals surface area contributed by atoms with Gasteiger partial charge in [0.25, 0.3) is 0 Å². The number of carbonyl (C=O) groups is 1. The van der Waals surface area contributed by atoms with Gasteiger partial charge in [-0.15, -0.1) is 0 Å². The number of fused-ring (bicyclic) bond motifs is 1. The highest BCUT2D eigenvalue weighted by atomic mass is 16.6. The molecule has 6 nitrogen and oxygen atoms in total. The van der Waals surface area contributed by atoms with Crippen molar-refractivity contribution in [3.63, 3.8) is 0 Å². The summed E-state index contributed by atoms with van der Waals surface area (Å²) < 4.78 is 23.1. The summed E-state index contributed by atoms with van der Waals surface area (Å²) in [6.07, 6.45) is 25.5. The molecular weight excluding hydrogens is 622 g/mol. The van der Waals surface area contributed by atoms with Crippen molar-refractivity contribution in [1.82, 2.24) is 4.90 Å². The minimum absolute atomic E-state index is 0.0178. The number of nitrogens with zero attached hydrogens (tertiary/aromatic N) is 1.